The van der Waals surface area contributed by atoms with Crippen molar-refractivity contribution in [3.05, 3.63) is 95.4 Å². The number of fused-ring (bicyclic) bond motifs is 1. The number of hydrogen-bond acceptors (Lipinski definition) is 11. The van der Waals surface area contributed by atoms with E-state index in [1.807, 2.05) is 61.5 Å². The first kappa shape index (κ1) is 26.8. The van der Waals surface area contributed by atoms with Crippen molar-refractivity contribution in [1.29, 1.82) is 0 Å². The van der Waals surface area contributed by atoms with Gasteiger partial charge in [-0.1, -0.05) is 41.7 Å². The molecule has 0 spiro atoms. The molecular weight excluding hydrogens is 552 g/mol. The lowest BCUT2D eigenvalue weighted by Gasteiger charge is -2.21. The number of methoxy groups -OCH3 is 2. The van der Waals surface area contributed by atoms with Gasteiger partial charge in [-0.2, -0.15) is 4.98 Å². The van der Waals surface area contributed by atoms with Crippen molar-refractivity contribution in [2.24, 2.45) is 0 Å². The summed E-state index contributed by atoms with van der Waals surface area (Å²) in [4.78, 5) is 37.4. The number of nitrogens with zero attached hydrogens (tertiary/aromatic N) is 6. The van der Waals surface area contributed by atoms with Crippen LogP contribution in [0.25, 0.3) is 38.2 Å². The standard InChI is InChI=1S/C30H26N8O3S/c1-17(35-26-21(15-33-29(31)37-26)23-16-34-30(41-3)42-23)27-36-22-11-7-10-20(18-12-13-32-24(14-18)40-2)25(22)28(39)38(27)19-8-5-4-6-9-19/h4-17H,1-3H3,(H3,31,33,35,37). The van der Waals surface area contributed by atoms with Crippen LogP contribution in [-0.4, -0.2) is 43.7 Å². The van der Waals surface area contributed by atoms with E-state index in [0.29, 0.717) is 44.9 Å². The Hall–Kier alpha value is -5.36. The van der Waals surface area contributed by atoms with E-state index in [0.717, 1.165) is 16.0 Å². The fourth-order valence-corrected chi connectivity index (χ4v) is 5.47. The van der Waals surface area contributed by atoms with Crippen LogP contribution in [0.15, 0.2) is 84.0 Å². The lowest BCUT2D eigenvalue weighted by Crippen LogP contribution is -2.28. The van der Waals surface area contributed by atoms with Crippen LogP contribution in [0.5, 0.6) is 11.1 Å². The molecule has 0 bridgehead atoms. The number of nitrogen functional groups attached to an aromatic ring is 1. The van der Waals surface area contributed by atoms with Gasteiger partial charge in [0.2, 0.25) is 11.8 Å². The maximum absolute atomic E-state index is 14.4. The van der Waals surface area contributed by atoms with Crippen LogP contribution in [0, 0.1) is 0 Å². The molecule has 2 aromatic carbocycles. The molecule has 4 aromatic heterocycles. The summed E-state index contributed by atoms with van der Waals surface area (Å²) in [6.45, 7) is 1.92. The predicted octanol–water partition coefficient (Wildman–Crippen LogP) is 5.13. The number of rotatable bonds is 8. The number of anilines is 2. The first-order chi connectivity index (χ1) is 20.5. The minimum Gasteiger partial charge on any atom is -0.481 e. The summed E-state index contributed by atoms with van der Waals surface area (Å²) < 4.78 is 12.2. The molecular formula is C30H26N8O3S. The van der Waals surface area contributed by atoms with Gasteiger partial charge in [-0.05, 0) is 42.3 Å². The number of hydrogen-bond donors (Lipinski definition) is 2. The van der Waals surface area contributed by atoms with E-state index in [1.54, 1.807) is 43.4 Å². The molecule has 42 heavy (non-hydrogen) atoms. The first-order valence-electron chi connectivity index (χ1n) is 13.0. The summed E-state index contributed by atoms with van der Waals surface area (Å²) >= 11 is 1.36. The molecule has 0 aliphatic rings. The molecule has 210 valence electrons. The Kier molecular flexibility index (Phi) is 7.19. The van der Waals surface area contributed by atoms with Crippen LogP contribution >= 0.6 is 11.3 Å². The van der Waals surface area contributed by atoms with Gasteiger partial charge in [0.1, 0.15) is 11.6 Å². The van der Waals surface area contributed by atoms with Gasteiger partial charge in [-0.3, -0.25) is 9.36 Å². The highest BCUT2D eigenvalue weighted by Crippen LogP contribution is 2.36. The van der Waals surface area contributed by atoms with Crippen molar-refractivity contribution in [2.45, 2.75) is 13.0 Å². The van der Waals surface area contributed by atoms with Gasteiger partial charge in [0.05, 0.1) is 47.3 Å². The SMILES string of the molecule is COc1cc(-c2cccc3nc(C(C)Nc4nc(N)ncc4-c4cnc(OC)s4)n(-c4ccccc4)c(=O)c23)ccn1. The molecule has 0 aliphatic heterocycles. The third-order valence-electron chi connectivity index (χ3n) is 6.67. The van der Waals surface area contributed by atoms with Crippen LogP contribution < -0.4 is 26.1 Å². The lowest BCUT2D eigenvalue weighted by molar-refractivity contribution is 0.398. The number of nitrogens with one attached hydrogen (secondary N) is 1. The number of ether oxygens (including phenoxy) is 2. The normalized spacial score (nSPS) is 11.8. The van der Waals surface area contributed by atoms with Crippen molar-refractivity contribution in [1.82, 2.24) is 29.5 Å². The van der Waals surface area contributed by atoms with Crippen LogP contribution in [0.3, 0.4) is 0 Å². The zero-order valence-corrected chi connectivity index (χ0v) is 23.8. The molecule has 0 aliphatic carbocycles. The van der Waals surface area contributed by atoms with Crippen molar-refractivity contribution < 1.29 is 9.47 Å². The van der Waals surface area contributed by atoms with Crippen molar-refractivity contribution in [2.75, 3.05) is 25.3 Å². The number of aromatic nitrogens is 6. The maximum Gasteiger partial charge on any atom is 0.273 e. The molecule has 0 amide bonds. The molecule has 0 fully saturated rings. The van der Waals surface area contributed by atoms with Gasteiger partial charge in [0, 0.05) is 24.7 Å². The second kappa shape index (κ2) is 11.3. The van der Waals surface area contributed by atoms with Gasteiger partial charge >= 0.3 is 0 Å². The van der Waals surface area contributed by atoms with Gasteiger partial charge in [0.25, 0.3) is 10.8 Å². The van der Waals surface area contributed by atoms with Crippen molar-refractivity contribution in [3.8, 4) is 38.3 Å². The molecule has 1 atom stereocenters. The number of nitrogens with two attached hydrogens (primary N) is 1. The highest BCUT2D eigenvalue weighted by Gasteiger charge is 2.22. The monoisotopic (exact) mass is 578 g/mol. The molecule has 1 unspecified atom stereocenters. The largest absolute Gasteiger partial charge is 0.481 e. The Balaban J connectivity index is 1.52. The van der Waals surface area contributed by atoms with Crippen molar-refractivity contribution in [3.63, 3.8) is 0 Å². The lowest BCUT2D eigenvalue weighted by atomic mass is 10.0. The Bertz CT molecular complexity index is 1960. The first-order valence-corrected chi connectivity index (χ1v) is 13.8. The van der Waals surface area contributed by atoms with Gasteiger partial charge in [-0.25, -0.2) is 19.9 Å². The summed E-state index contributed by atoms with van der Waals surface area (Å²) in [5.41, 5.74) is 9.22. The van der Waals surface area contributed by atoms with Crippen molar-refractivity contribution >= 4 is 34.0 Å². The molecule has 0 saturated heterocycles. The zero-order valence-electron chi connectivity index (χ0n) is 23.0. The average Bonchev–Trinajstić information content (AvgIpc) is 3.50. The Morgan fingerprint density at radius 2 is 1.76 bits per heavy atom. The van der Waals surface area contributed by atoms with E-state index in [4.69, 9.17) is 20.2 Å². The highest BCUT2D eigenvalue weighted by atomic mass is 32.1. The third-order valence-corrected chi connectivity index (χ3v) is 7.66. The van der Waals surface area contributed by atoms with E-state index in [1.165, 1.54) is 11.3 Å². The Morgan fingerprint density at radius 1 is 0.929 bits per heavy atom. The van der Waals surface area contributed by atoms with Gasteiger partial charge in [0.15, 0.2) is 0 Å². The maximum atomic E-state index is 14.4. The second-order valence-corrected chi connectivity index (χ2v) is 10.3. The molecule has 0 saturated carbocycles. The second-order valence-electron chi connectivity index (χ2n) is 9.28. The van der Waals surface area contributed by atoms with Crippen LogP contribution in [0.4, 0.5) is 11.8 Å². The fraction of sp³-hybridized carbons (Fsp3) is 0.133. The quantitative estimate of drug-likeness (QED) is 0.249. The summed E-state index contributed by atoms with van der Waals surface area (Å²) in [5, 5.41) is 4.41. The molecule has 6 aromatic rings. The minimum absolute atomic E-state index is 0.106. The average molecular weight is 579 g/mol. The smallest absolute Gasteiger partial charge is 0.273 e. The summed E-state index contributed by atoms with van der Waals surface area (Å²) in [7, 11) is 3.12. The minimum atomic E-state index is -0.477. The fourth-order valence-electron chi connectivity index (χ4n) is 4.73. The Labute approximate surface area is 244 Å². The molecule has 11 nitrogen and oxygen atoms in total. The number of para-hydroxylation sites is 1. The number of benzene rings is 2. The van der Waals surface area contributed by atoms with E-state index in [-0.39, 0.29) is 11.5 Å². The van der Waals surface area contributed by atoms with Crippen LogP contribution in [-0.2, 0) is 0 Å². The van der Waals surface area contributed by atoms with Gasteiger partial charge < -0.3 is 20.5 Å². The van der Waals surface area contributed by atoms with E-state index in [9.17, 15) is 4.79 Å². The highest BCUT2D eigenvalue weighted by molar-refractivity contribution is 7.16. The predicted molar refractivity (Wildman–Crippen MR) is 163 cm³/mol. The Morgan fingerprint density at radius 3 is 2.52 bits per heavy atom. The summed E-state index contributed by atoms with van der Waals surface area (Å²) in [6.07, 6.45) is 4.98. The zero-order chi connectivity index (χ0) is 29.2. The summed E-state index contributed by atoms with van der Waals surface area (Å²) in [6, 6.07) is 18.2. The number of pyridine rings is 1. The van der Waals surface area contributed by atoms with Crippen LogP contribution in [0.2, 0.25) is 0 Å². The molecule has 6 rings (SSSR count). The molecule has 12 heteroatoms. The van der Waals surface area contributed by atoms with E-state index in [2.05, 4.69) is 25.3 Å². The molecule has 0 radical (unpaired) electrons. The van der Waals surface area contributed by atoms with Gasteiger partial charge in [-0.15, -0.1) is 0 Å². The topological polar surface area (TPSA) is 143 Å². The summed E-state index contributed by atoms with van der Waals surface area (Å²) in [5.74, 6) is 1.53. The number of thiazole rings is 1. The van der Waals surface area contributed by atoms with E-state index >= 15 is 0 Å². The third kappa shape index (κ3) is 4.99. The van der Waals surface area contributed by atoms with E-state index < -0.39 is 6.04 Å². The molecule has 3 N–H and O–H groups in total. The van der Waals surface area contributed by atoms with Crippen LogP contribution in [0.1, 0.15) is 18.8 Å². The molecule has 4 heterocycles.